The number of hydrogen-bond donors (Lipinski definition) is 5. The van der Waals surface area contributed by atoms with Crippen LogP contribution in [0.3, 0.4) is 0 Å². The van der Waals surface area contributed by atoms with Gasteiger partial charge in [0.2, 0.25) is 0 Å². The number of fused-ring (bicyclic) bond motifs is 5. The predicted octanol–water partition coefficient (Wildman–Crippen LogP) is 0.0542. The first kappa shape index (κ1) is 28.8. The van der Waals surface area contributed by atoms with E-state index in [1.165, 1.54) is 19.1 Å². The number of hydrogen-bond acceptors (Lipinski definition) is 11. The van der Waals surface area contributed by atoms with Crippen LogP contribution in [-0.4, -0.2) is 98.2 Å². The minimum Gasteiger partial charge on any atom is -0.455 e. The van der Waals surface area contributed by atoms with Crippen LogP contribution in [0.5, 0.6) is 0 Å². The summed E-state index contributed by atoms with van der Waals surface area (Å²) in [4.78, 5) is 40.4. The van der Waals surface area contributed by atoms with Crippen LogP contribution in [0.4, 0.5) is 0 Å². The zero-order valence-corrected chi connectivity index (χ0v) is 22.9. The van der Waals surface area contributed by atoms with Crippen LogP contribution in [0, 0.1) is 16.7 Å². The lowest BCUT2D eigenvalue weighted by Crippen LogP contribution is -2.82. The topological polar surface area (TPSA) is 180 Å². The summed E-state index contributed by atoms with van der Waals surface area (Å²) in [5, 5.41) is 57.7. The molecule has 11 heteroatoms. The molecule has 2 bridgehead atoms. The molecule has 0 spiro atoms. The maximum absolute atomic E-state index is 14.4. The van der Waals surface area contributed by atoms with Crippen molar-refractivity contribution in [2.75, 3.05) is 13.2 Å². The van der Waals surface area contributed by atoms with E-state index in [9.17, 15) is 39.9 Å². The summed E-state index contributed by atoms with van der Waals surface area (Å²) in [6.07, 6.45) is -8.20. The highest BCUT2D eigenvalue weighted by atomic mass is 16.6. The fourth-order valence-electron chi connectivity index (χ4n) is 7.75. The number of Topliss-reactive ketones (excluding diaryl/α,β-unsaturated/α-hetero) is 1. The van der Waals surface area contributed by atoms with Crippen LogP contribution >= 0.6 is 0 Å². The Kier molecular flexibility index (Phi) is 6.80. The largest absolute Gasteiger partial charge is 0.455 e. The molecule has 1 aromatic carbocycles. The molecule has 1 heterocycles. The second kappa shape index (κ2) is 9.43. The lowest BCUT2D eigenvalue weighted by molar-refractivity contribution is -0.350. The van der Waals surface area contributed by atoms with Gasteiger partial charge in [0.25, 0.3) is 0 Å². The lowest BCUT2D eigenvalue weighted by atomic mass is 9.44. The summed E-state index contributed by atoms with van der Waals surface area (Å²) in [6, 6.07) is 7.90. The number of carbonyl (C=O) groups is 3. The Morgan fingerprint density at radius 3 is 2.33 bits per heavy atom. The summed E-state index contributed by atoms with van der Waals surface area (Å²) in [5.74, 6) is -4.20. The van der Waals surface area contributed by atoms with Gasteiger partial charge in [-0.05, 0) is 30.2 Å². The van der Waals surface area contributed by atoms with Crippen LogP contribution in [0.25, 0.3) is 0 Å². The van der Waals surface area contributed by atoms with E-state index in [0.29, 0.717) is 0 Å². The zero-order chi connectivity index (χ0) is 29.4. The van der Waals surface area contributed by atoms with Crippen molar-refractivity contribution in [3.8, 4) is 0 Å². The maximum Gasteiger partial charge on any atom is 0.338 e. The molecule has 4 aliphatic rings. The Bertz CT molecular complexity index is 1260. The van der Waals surface area contributed by atoms with Gasteiger partial charge in [0.15, 0.2) is 11.4 Å². The van der Waals surface area contributed by atoms with E-state index in [0.717, 1.165) is 6.92 Å². The first-order chi connectivity index (χ1) is 18.7. The van der Waals surface area contributed by atoms with E-state index in [1.54, 1.807) is 32.0 Å². The third-order valence-electron chi connectivity index (χ3n) is 9.95. The molecule has 0 unspecified atom stereocenters. The third-order valence-corrected chi connectivity index (χ3v) is 9.95. The molecule has 9 atom stereocenters. The fraction of sp³-hybridized carbons (Fsp3) is 0.621. The monoisotopic (exact) mass is 560 g/mol. The highest BCUT2D eigenvalue weighted by molar-refractivity contribution is 5.94. The van der Waals surface area contributed by atoms with Crippen molar-refractivity contribution < 1.29 is 54.1 Å². The highest BCUT2D eigenvalue weighted by Crippen LogP contribution is 2.63. The summed E-state index contributed by atoms with van der Waals surface area (Å²) in [7, 11) is 0. The average Bonchev–Trinajstić information content (AvgIpc) is 2.89. The molecule has 0 amide bonds. The van der Waals surface area contributed by atoms with E-state index in [4.69, 9.17) is 14.2 Å². The Morgan fingerprint density at radius 2 is 1.77 bits per heavy atom. The molecule has 1 aromatic rings. The highest BCUT2D eigenvalue weighted by Gasteiger charge is 2.79. The molecule has 11 nitrogen and oxygen atoms in total. The Labute approximate surface area is 231 Å². The first-order valence-corrected chi connectivity index (χ1v) is 13.4. The SMILES string of the molecule is CC(=O)O[C@@]12CO[C@@H]1C[C@@H](O)[C@@]1(CO)C(=O)[C@H](O)C3=C(C)[C@@H](O)C[C@@](O)([C@@H](OC(=O)c4ccccc4)[C@H]21)C3(C)C. The van der Waals surface area contributed by atoms with Crippen molar-refractivity contribution in [3.05, 3.63) is 47.0 Å². The van der Waals surface area contributed by atoms with Crippen molar-refractivity contribution in [2.24, 2.45) is 16.7 Å². The quantitative estimate of drug-likeness (QED) is 0.248. The minimum atomic E-state index is -2.24. The van der Waals surface area contributed by atoms with E-state index >= 15 is 0 Å². The molecule has 3 aliphatic carbocycles. The molecule has 5 N–H and O–H groups in total. The molecule has 1 aliphatic heterocycles. The number of benzene rings is 1. The van der Waals surface area contributed by atoms with Gasteiger partial charge in [-0.1, -0.05) is 32.0 Å². The van der Waals surface area contributed by atoms with Gasteiger partial charge in [0.1, 0.15) is 23.9 Å². The minimum absolute atomic E-state index is 0.00602. The molecule has 0 radical (unpaired) electrons. The molecule has 40 heavy (non-hydrogen) atoms. The Balaban J connectivity index is 1.84. The van der Waals surface area contributed by atoms with Gasteiger partial charge < -0.3 is 39.7 Å². The van der Waals surface area contributed by atoms with Crippen molar-refractivity contribution in [3.63, 3.8) is 0 Å². The average molecular weight is 561 g/mol. The molecule has 5 rings (SSSR count). The maximum atomic E-state index is 14.4. The number of ketones is 1. The van der Waals surface area contributed by atoms with E-state index in [-0.39, 0.29) is 36.2 Å². The fourth-order valence-corrected chi connectivity index (χ4v) is 7.75. The number of ether oxygens (including phenoxy) is 3. The van der Waals surface area contributed by atoms with Crippen molar-refractivity contribution in [2.45, 2.75) is 82.3 Å². The molecule has 2 saturated carbocycles. The van der Waals surface area contributed by atoms with Crippen molar-refractivity contribution in [1.29, 1.82) is 0 Å². The summed E-state index contributed by atoms with van der Waals surface area (Å²) in [6.45, 7) is 4.51. The predicted molar refractivity (Wildman–Crippen MR) is 137 cm³/mol. The third kappa shape index (κ3) is 3.61. The Hall–Kier alpha value is -2.67. The number of esters is 2. The van der Waals surface area contributed by atoms with Gasteiger partial charge in [-0.25, -0.2) is 4.79 Å². The summed E-state index contributed by atoms with van der Waals surface area (Å²) < 4.78 is 17.6. The number of aliphatic hydroxyl groups is 5. The Morgan fingerprint density at radius 1 is 1.12 bits per heavy atom. The van der Waals surface area contributed by atoms with Crippen LogP contribution in [0.15, 0.2) is 41.5 Å². The molecular weight excluding hydrogens is 524 g/mol. The summed E-state index contributed by atoms with van der Waals surface area (Å²) in [5.41, 5.74) is -7.23. The smallest absolute Gasteiger partial charge is 0.338 e. The lowest BCUT2D eigenvalue weighted by Gasteiger charge is -2.67. The standard InChI is InChI=1S/C29H36O11/c1-14-17(32)11-29(37)24(39-25(36)16-8-6-5-7-9-16)22-27(12-30,23(35)21(34)20(14)26(29,3)4)18(33)10-19-28(22,13-38-19)40-15(2)31/h5-9,17-19,21-22,24,30,32-34,37H,10-13H2,1-4H3/t17-,18+,19+,21+,22-,24-,27+,28-,29+/m0/s1. The number of rotatable bonds is 4. The molecule has 3 fully saturated rings. The molecule has 0 aromatic heterocycles. The summed E-state index contributed by atoms with van der Waals surface area (Å²) >= 11 is 0. The van der Waals surface area contributed by atoms with Gasteiger partial charge in [-0.2, -0.15) is 0 Å². The van der Waals surface area contributed by atoms with Gasteiger partial charge in [0.05, 0.1) is 42.3 Å². The molecule has 1 saturated heterocycles. The first-order valence-electron chi connectivity index (χ1n) is 13.4. The number of carbonyl (C=O) groups excluding carboxylic acids is 3. The molecule has 218 valence electrons. The van der Waals surface area contributed by atoms with Gasteiger partial charge in [-0.3, -0.25) is 9.59 Å². The second-order valence-electron chi connectivity index (χ2n) is 12.1. The van der Waals surface area contributed by atoms with Gasteiger partial charge >= 0.3 is 11.9 Å². The van der Waals surface area contributed by atoms with Gasteiger partial charge in [0, 0.05) is 25.2 Å². The molecular formula is C29H36O11. The van der Waals surface area contributed by atoms with E-state index in [2.05, 4.69) is 0 Å². The van der Waals surface area contributed by atoms with Crippen LogP contribution in [-0.2, 0) is 23.8 Å². The normalized spacial score (nSPS) is 42.0. The van der Waals surface area contributed by atoms with Crippen molar-refractivity contribution in [1.82, 2.24) is 0 Å². The van der Waals surface area contributed by atoms with Crippen LogP contribution < -0.4 is 0 Å². The van der Waals surface area contributed by atoms with E-state index in [1.807, 2.05) is 0 Å². The second-order valence-corrected chi connectivity index (χ2v) is 12.1. The van der Waals surface area contributed by atoms with Gasteiger partial charge in [-0.15, -0.1) is 0 Å². The van der Waals surface area contributed by atoms with Crippen LogP contribution in [0.1, 0.15) is 50.9 Å². The number of aliphatic hydroxyl groups excluding tert-OH is 4. The van der Waals surface area contributed by atoms with Crippen LogP contribution in [0.2, 0.25) is 0 Å². The zero-order valence-electron chi connectivity index (χ0n) is 22.9. The van der Waals surface area contributed by atoms with E-state index < -0.39 is 82.8 Å². The van der Waals surface area contributed by atoms with Crippen molar-refractivity contribution >= 4 is 17.7 Å².